The molecule has 2 aromatic rings. The molecule has 0 saturated carbocycles. The van der Waals surface area contributed by atoms with Crippen LogP contribution in [0.4, 0.5) is 11.4 Å². The molecular formula is C15H16CuN2O2S. The molecule has 1 radical (unpaired) electrons. The van der Waals surface area contributed by atoms with E-state index in [1.165, 1.54) is 0 Å². The molecule has 0 unspecified atom stereocenters. The first-order valence-corrected chi connectivity index (χ1v) is 6.36. The standard InChI is InChI=1S/C13H12N2S.C2H4O2.Cu/c16-13(14-11-7-3-1-4-8-11)15-12-9-5-2-6-10-12;1-2(3)4;/h1-10H,(H2,14,15,16);1H3,(H,3,4);. The minimum absolute atomic E-state index is 0. The molecule has 0 aromatic heterocycles. The number of aliphatic carboxylic acids is 1. The summed E-state index contributed by atoms with van der Waals surface area (Å²) in [5.74, 6) is -0.833. The van der Waals surface area contributed by atoms with Crippen LogP contribution in [0.3, 0.4) is 0 Å². The molecule has 0 amide bonds. The first-order chi connectivity index (χ1) is 9.58. The molecular weight excluding hydrogens is 336 g/mol. The predicted molar refractivity (Wildman–Crippen MR) is 86.0 cm³/mol. The summed E-state index contributed by atoms with van der Waals surface area (Å²) in [4.78, 5) is 9.00. The third kappa shape index (κ3) is 9.62. The summed E-state index contributed by atoms with van der Waals surface area (Å²) in [6, 6.07) is 19.7. The van der Waals surface area contributed by atoms with Crippen molar-refractivity contribution in [3.63, 3.8) is 0 Å². The number of nitrogens with one attached hydrogen (secondary N) is 2. The Labute approximate surface area is 140 Å². The minimum atomic E-state index is -0.833. The van der Waals surface area contributed by atoms with Gasteiger partial charge in [-0.05, 0) is 36.5 Å². The van der Waals surface area contributed by atoms with Crippen molar-refractivity contribution in [3.8, 4) is 0 Å². The monoisotopic (exact) mass is 351 g/mol. The van der Waals surface area contributed by atoms with Crippen molar-refractivity contribution >= 4 is 34.7 Å². The molecule has 0 saturated heterocycles. The number of carboxylic acids is 1. The van der Waals surface area contributed by atoms with Crippen LogP contribution in [-0.2, 0) is 21.9 Å². The number of rotatable bonds is 2. The van der Waals surface area contributed by atoms with Gasteiger partial charge in [0.15, 0.2) is 5.11 Å². The second kappa shape index (κ2) is 10.9. The van der Waals surface area contributed by atoms with Gasteiger partial charge < -0.3 is 15.7 Å². The molecule has 0 fully saturated rings. The predicted octanol–water partition coefficient (Wildman–Crippen LogP) is 3.58. The van der Waals surface area contributed by atoms with Crippen LogP contribution in [0, 0.1) is 0 Å². The summed E-state index contributed by atoms with van der Waals surface area (Å²) in [6.45, 7) is 1.08. The zero-order valence-corrected chi connectivity index (χ0v) is 13.1. The van der Waals surface area contributed by atoms with E-state index < -0.39 is 5.97 Å². The van der Waals surface area contributed by atoms with Crippen LogP contribution in [0.25, 0.3) is 0 Å². The largest absolute Gasteiger partial charge is 0.481 e. The number of carboxylic acid groups (broad SMARTS) is 1. The van der Waals surface area contributed by atoms with E-state index in [0.29, 0.717) is 5.11 Å². The number of carbonyl (C=O) groups is 1. The Morgan fingerprint density at radius 3 is 1.48 bits per heavy atom. The Bertz CT molecular complexity index is 503. The van der Waals surface area contributed by atoms with Crippen molar-refractivity contribution in [2.45, 2.75) is 6.92 Å². The number of thiocarbonyl (C=S) groups is 1. The Morgan fingerprint density at radius 1 is 0.905 bits per heavy atom. The summed E-state index contributed by atoms with van der Waals surface area (Å²) in [5.41, 5.74) is 1.96. The number of anilines is 2. The minimum Gasteiger partial charge on any atom is -0.481 e. The van der Waals surface area contributed by atoms with E-state index in [1.807, 2.05) is 60.7 Å². The van der Waals surface area contributed by atoms with Crippen molar-refractivity contribution in [2.24, 2.45) is 0 Å². The van der Waals surface area contributed by atoms with Gasteiger partial charge >= 0.3 is 0 Å². The van der Waals surface area contributed by atoms with E-state index in [0.717, 1.165) is 18.3 Å². The Balaban J connectivity index is 0.000000715. The van der Waals surface area contributed by atoms with Crippen LogP contribution in [0.15, 0.2) is 60.7 Å². The van der Waals surface area contributed by atoms with Gasteiger partial charge in [-0.1, -0.05) is 36.4 Å². The summed E-state index contributed by atoms with van der Waals surface area (Å²) in [5, 5.41) is 14.2. The zero-order valence-electron chi connectivity index (χ0n) is 11.3. The SMILES string of the molecule is CC(=O)O.S=C(Nc1ccccc1)Nc1ccccc1.[Cu]. The fraction of sp³-hybridized carbons (Fsp3) is 0.0667. The number of hydrogen-bond donors (Lipinski definition) is 3. The van der Waals surface area contributed by atoms with Crippen molar-refractivity contribution in [3.05, 3.63) is 60.7 Å². The van der Waals surface area contributed by atoms with Gasteiger partial charge in [-0.25, -0.2) is 0 Å². The molecule has 3 N–H and O–H groups in total. The summed E-state index contributed by atoms with van der Waals surface area (Å²) in [6.07, 6.45) is 0. The average Bonchev–Trinajstić information content (AvgIpc) is 2.40. The number of para-hydroxylation sites is 2. The first-order valence-electron chi connectivity index (χ1n) is 5.95. The fourth-order valence-corrected chi connectivity index (χ4v) is 1.57. The van der Waals surface area contributed by atoms with Crippen LogP contribution in [0.5, 0.6) is 0 Å². The summed E-state index contributed by atoms with van der Waals surface area (Å²) >= 11 is 5.20. The van der Waals surface area contributed by atoms with Crippen LogP contribution < -0.4 is 10.6 Å². The molecule has 21 heavy (non-hydrogen) atoms. The molecule has 0 aliphatic carbocycles. The Hall–Kier alpha value is -1.88. The molecule has 0 atom stereocenters. The molecule has 0 heterocycles. The van der Waals surface area contributed by atoms with Crippen molar-refractivity contribution in [2.75, 3.05) is 10.6 Å². The maximum absolute atomic E-state index is 9.00. The van der Waals surface area contributed by atoms with Gasteiger partial charge in [0, 0.05) is 35.4 Å². The molecule has 0 aliphatic rings. The van der Waals surface area contributed by atoms with E-state index in [2.05, 4.69) is 10.6 Å². The topological polar surface area (TPSA) is 61.4 Å². The Kier molecular flexibility index (Phi) is 9.88. The normalized spacial score (nSPS) is 8.43. The van der Waals surface area contributed by atoms with Crippen LogP contribution in [-0.4, -0.2) is 16.2 Å². The Morgan fingerprint density at radius 2 is 1.19 bits per heavy atom. The van der Waals surface area contributed by atoms with Gasteiger partial charge in [0.25, 0.3) is 5.97 Å². The molecule has 0 spiro atoms. The van der Waals surface area contributed by atoms with Crippen LogP contribution in [0.2, 0.25) is 0 Å². The number of benzene rings is 2. The molecule has 2 aromatic carbocycles. The first kappa shape index (κ1) is 19.1. The molecule has 2 rings (SSSR count). The summed E-state index contributed by atoms with van der Waals surface area (Å²) < 4.78 is 0. The van der Waals surface area contributed by atoms with Gasteiger partial charge in [0.05, 0.1) is 0 Å². The van der Waals surface area contributed by atoms with Crippen LogP contribution in [0.1, 0.15) is 6.92 Å². The second-order valence-electron chi connectivity index (χ2n) is 3.83. The molecule has 115 valence electrons. The molecule has 0 bridgehead atoms. The van der Waals surface area contributed by atoms with Crippen molar-refractivity contribution in [1.82, 2.24) is 0 Å². The number of hydrogen-bond acceptors (Lipinski definition) is 2. The van der Waals surface area contributed by atoms with Gasteiger partial charge in [0.1, 0.15) is 0 Å². The van der Waals surface area contributed by atoms with Crippen LogP contribution >= 0.6 is 12.2 Å². The van der Waals surface area contributed by atoms with E-state index in [1.54, 1.807) is 0 Å². The maximum atomic E-state index is 9.00. The zero-order chi connectivity index (χ0) is 14.8. The molecule has 6 heteroatoms. The molecule has 0 aliphatic heterocycles. The van der Waals surface area contributed by atoms with Gasteiger partial charge in [0.2, 0.25) is 0 Å². The van der Waals surface area contributed by atoms with E-state index in [9.17, 15) is 0 Å². The third-order valence-electron chi connectivity index (χ3n) is 2.06. The van der Waals surface area contributed by atoms with Gasteiger partial charge in [-0.2, -0.15) is 0 Å². The average molecular weight is 352 g/mol. The third-order valence-corrected chi connectivity index (χ3v) is 2.27. The van der Waals surface area contributed by atoms with E-state index >= 15 is 0 Å². The maximum Gasteiger partial charge on any atom is 0.300 e. The van der Waals surface area contributed by atoms with Gasteiger partial charge in [-0.15, -0.1) is 0 Å². The quantitative estimate of drug-likeness (QED) is 0.570. The van der Waals surface area contributed by atoms with Crippen molar-refractivity contribution < 1.29 is 27.0 Å². The van der Waals surface area contributed by atoms with Crippen molar-refractivity contribution in [1.29, 1.82) is 0 Å². The fourth-order valence-electron chi connectivity index (χ4n) is 1.34. The molecule has 4 nitrogen and oxygen atoms in total. The summed E-state index contributed by atoms with van der Waals surface area (Å²) in [7, 11) is 0. The second-order valence-corrected chi connectivity index (χ2v) is 4.24. The van der Waals surface area contributed by atoms with Gasteiger partial charge in [-0.3, -0.25) is 4.79 Å². The van der Waals surface area contributed by atoms with E-state index in [-0.39, 0.29) is 17.1 Å². The smallest absolute Gasteiger partial charge is 0.300 e. The van der Waals surface area contributed by atoms with E-state index in [4.69, 9.17) is 22.1 Å².